The largest absolute Gasteiger partial charge is 0.493 e. The van der Waals surface area contributed by atoms with E-state index in [0.717, 1.165) is 63.5 Å². The van der Waals surface area contributed by atoms with Gasteiger partial charge in [0.25, 0.3) is 10.0 Å². The predicted octanol–water partition coefficient (Wildman–Crippen LogP) is 7.02. The molecule has 0 aliphatic carbocycles. The van der Waals surface area contributed by atoms with E-state index in [1.807, 2.05) is 80.9 Å². The fourth-order valence-corrected chi connectivity index (χ4v) is 8.02. The van der Waals surface area contributed by atoms with Gasteiger partial charge in [-0.15, -0.1) is 0 Å². The van der Waals surface area contributed by atoms with Crippen LogP contribution in [-0.4, -0.2) is 89.2 Å². The molecule has 0 radical (unpaired) electrons. The number of rotatable bonds is 14. The molecule has 5 aromatic heterocycles. The lowest BCUT2D eigenvalue weighted by Crippen LogP contribution is -2.30. The van der Waals surface area contributed by atoms with Gasteiger partial charge in [0.15, 0.2) is 34.3 Å². The number of aryl methyl sites for hydroxylation is 5. The second kappa shape index (κ2) is 19.4. The number of carbonyl (C=O) groups excluding carboxylic acids is 1. The lowest BCUT2D eigenvalue weighted by Gasteiger charge is -2.11. The number of anilines is 2. The topological polar surface area (TPSA) is 233 Å². The summed E-state index contributed by atoms with van der Waals surface area (Å²) in [6.45, 7) is 10.3. The molecule has 66 heavy (non-hydrogen) atoms. The Kier molecular flexibility index (Phi) is 13.6. The first-order valence-electron chi connectivity index (χ1n) is 20.3. The molecule has 8 aromatic rings. The van der Waals surface area contributed by atoms with E-state index < -0.39 is 16.1 Å². The molecule has 0 saturated carbocycles. The molecule has 0 atom stereocenters. The van der Waals surface area contributed by atoms with Crippen molar-refractivity contribution in [3.05, 3.63) is 113 Å². The van der Waals surface area contributed by atoms with Gasteiger partial charge in [-0.1, -0.05) is 24.3 Å². The molecule has 0 aliphatic heterocycles. The monoisotopic (exact) mass is 919 g/mol. The number of nitrogens with zero attached hydrogens (tertiary/aromatic N) is 8. The van der Waals surface area contributed by atoms with Crippen LogP contribution >= 0.6 is 0 Å². The number of sulfonamides is 1. The van der Waals surface area contributed by atoms with Crippen LogP contribution in [0, 0.1) is 34.6 Å². The molecule has 8 rings (SSSR count). The maximum Gasteiger partial charge on any atom is 0.420 e. The molecule has 3 N–H and O–H groups in total. The molecule has 21 heteroatoms. The Morgan fingerprint density at radius 1 is 0.606 bits per heavy atom. The van der Waals surface area contributed by atoms with E-state index in [-0.39, 0.29) is 4.90 Å². The first-order valence-corrected chi connectivity index (χ1v) is 21.8. The van der Waals surface area contributed by atoms with Gasteiger partial charge in [-0.3, -0.25) is 0 Å². The van der Waals surface area contributed by atoms with Gasteiger partial charge >= 0.3 is 6.09 Å². The number of aromatic nitrogens is 8. The van der Waals surface area contributed by atoms with Crippen LogP contribution < -0.4 is 34.3 Å². The van der Waals surface area contributed by atoms with E-state index in [9.17, 15) is 13.2 Å². The number of hydrogen-bond acceptors (Lipinski definition) is 17. The third-order valence-corrected chi connectivity index (χ3v) is 11.5. The zero-order chi connectivity index (χ0) is 47.3. The maximum absolute atomic E-state index is 12.2. The number of hydrogen-bond donors (Lipinski definition) is 3. The summed E-state index contributed by atoms with van der Waals surface area (Å²) in [5.74, 6) is 6.52. The minimum atomic E-state index is -4.02. The van der Waals surface area contributed by atoms with Crippen LogP contribution in [0.2, 0.25) is 0 Å². The predicted molar refractivity (Wildman–Crippen MR) is 245 cm³/mol. The summed E-state index contributed by atoms with van der Waals surface area (Å²) in [6, 6.07) is 21.3. The van der Waals surface area contributed by atoms with Crippen LogP contribution in [0.1, 0.15) is 40.1 Å². The Bertz CT molecular complexity index is 3170. The van der Waals surface area contributed by atoms with Crippen molar-refractivity contribution in [3.8, 4) is 45.3 Å². The molecule has 5 heterocycles. The van der Waals surface area contributed by atoms with Crippen molar-refractivity contribution < 1.29 is 41.3 Å². The number of ether oxygens (including phenoxy) is 5. The molecule has 0 aliphatic rings. The molecule has 3 aromatic carbocycles. The first-order chi connectivity index (χ1) is 31.7. The van der Waals surface area contributed by atoms with E-state index in [1.165, 1.54) is 12.1 Å². The highest BCUT2D eigenvalue weighted by Crippen LogP contribution is 2.37. The number of methoxy groups -OCH3 is 5. The Hall–Kier alpha value is -7.94. The lowest BCUT2D eigenvalue weighted by atomic mass is 10.1. The minimum absolute atomic E-state index is 0.0656. The average molecular weight is 920 g/mol. The summed E-state index contributed by atoms with van der Waals surface area (Å²) < 4.78 is 61.2. The summed E-state index contributed by atoms with van der Waals surface area (Å²) in [7, 11) is 3.46. The second-order valence-corrected chi connectivity index (χ2v) is 16.4. The van der Waals surface area contributed by atoms with Crippen LogP contribution in [0.4, 0.5) is 16.7 Å². The molecule has 0 spiro atoms. The van der Waals surface area contributed by atoms with Crippen LogP contribution in [0.15, 0.2) is 82.1 Å². The molecule has 0 unspecified atom stereocenters. The fraction of sp³-hybridized carbons (Fsp3) is 0.267. The molecule has 0 fully saturated rings. The second-order valence-electron chi connectivity index (χ2n) is 14.7. The van der Waals surface area contributed by atoms with E-state index in [1.54, 1.807) is 56.5 Å². The number of amides is 1. The summed E-state index contributed by atoms with van der Waals surface area (Å²) in [6.07, 6.45) is -1.06. The van der Waals surface area contributed by atoms with E-state index in [0.29, 0.717) is 65.3 Å². The summed E-state index contributed by atoms with van der Waals surface area (Å²) in [5.41, 5.74) is 7.29. The maximum atomic E-state index is 12.2. The number of nitrogens with one attached hydrogen (secondary N) is 3. The van der Waals surface area contributed by atoms with Gasteiger partial charge in [-0.25, -0.2) is 27.9 Å². The Morgan fingerprint density at radius 2 is 1.09 bits per heavy atom. The van der Waals surface area contributed by atoms with Crippen molar-refractivity contribution in [2.45, 2.75) is 52.6 Å². The van der Waals surface area contributed by atoms with Gasteiger partial charge in [0.2, 0.25) is 11.9 Å². The molecule has 0 bridgehead atoms. The number of carbonyl (C=O) groups is 1. The number of fused-ring (bicyclic) bond motifs is 2. The van der Waals surface area contributed by atoms with E-state index >= 15 is 0 Å². The van der Waals surface area contributed by atoms with Crippen molar-refractivity contribution >= 4 is 39.3 Å². The Labute approximate surface area is 380 Å². The normalized spacial score (nSPS) is 11.2. The minimum Gasteiger partial charge on any atom is -0.493 e. The van der Waals surface area contributed by atoms with Crippen molar-refractivity contribution in [2.75, 3.05) is 46.2 Å². The third-order valence-electron chi connectivity index (χ3n) is 10.2. The van der Waals surface area contributed by atoms with Crippen LogP contribution in [0.5, 0.6) is 23.0 Å². The van der Waals surface area contributed by atoms with Crippen molar-refractivity contribution in [1.29, 1.82) is 0 Å². The molecule has 344 valence electrons. The standard InChI is InChI=1S/C24H26N6O6S.C21H23N5O3/c1-14-21(17-8-11-19(34-3)20(12-17)35-4)22-26-15(2)27-23(30(22)28-14)25-13-16-6-9-18(10-7-16)37(32,33)29-24(31)36-5;1-12-6-8-16(29-12)11-22-21-24-14(3)23-20-19(13(2)25-26(20)21)15-7-9-17(27-4)18(10-15)28-5/h6-12H,13H2,1-5H3,(H,29,31)(H,25,26,27);6-10H,11H2,1-5H3,(H,22,23,24). The highest BCUT2D eigenvalue weighted by molar-refractivity contribution is 7.90. The Morgan fingerprint density at radius 3 is 1.53 bits per heavy atom. The third kappa shape index (κ3) is 9.75. The highest BCUT2D eigenvalue weighted by atomic mass is 32.2. The van der Waals surface area contributed by atoms with Crippen LogP contribution in [0.3, 0.4) is 0 Å². The van der Waals surface area contributed by atoms with E-state index in [2.05, 4.69) is 45.5 Å². The Balaban J connectivity index is 0.000000202. The van der Waals surface area contributed by atoms with Gasteiger partial charge in [0.1, 0.15) is 23.2 Å². The lowest BCUT2D eigenvalue weighted by molar-refractivity contribution is 0.177. The molecule has 1 amide bonds. The van der Waals surface area contributed by atoms with Crippen molar-refractivity contribution in [3.63, 3.8) is 0 Å². The molecule has 20 nitrogen and oxygen atoms in total. The number of furan rings is 1. The molecular formula is C45H49N11O9S. The summed E-state index contributed by atoms with van der Waals surface area (Å²) in [4.78, 5) is 29.5. The van der Waals surface area contributed by atoms with Crippen LogP contribution in [-0.2, 0) is 27.8 Å². The molecular weight excluding hydrogens is 871 g/mol. The first kappa shape index (κ1) is 46.1. The SMILES string of the molecule is COC(=O)NS(=O)(=O)c1ccc(CNc2nc(C)nc3c(-c4ccc(OC)c(OC)c4)c(C)nn23)cc1.COc1ccc(-c2c(C)nn3c(NCc4ccc(C)o4)nc(C)nc23)cc1OC. The quantitative estimate of drug-likeness (QED) is 0.0994. The number of benzene rings is 3. The van der Waals surface area contributed by atoms with Gasteiger partial charge < -0.3 is 38.7 Å². The summed E-state index contributed by atoms with van der Waals surface area (Å²) >= 11 is 0. The fourth-order valence-electron chi connectivity index (χ4n) is 7.10. The van der Waals surface area contributed by atoms with Gasteiger partial charge in [0, 0.05) is 17.7 Å². The zero-order valence-corrected chi connectivity index (χ0v) is 38.8. The van der Waals surface area contributed by atoms with Gasteiger partial charge in [-0.2, -0.15) is 29.2 Å². The van der Waals surface area contributed by atoms with Crippen LogP contribution in [0.25, 0.3) is 33.5 Å². The highest BCUT2D eigenvalue weighted by Gasteiger charge is 2.22. The zero-order valence-electron chi connectivity index (χ0n) is 38.0. The van der Waals surface area contributed by atoms with Crippen molar-refractivity contribution in [2.24, 2.45) is 0 Å². The molecule has 0 saturated heterocycles. The van der Waals surface area contributed by atoms with Crippen molar-refractivity contribution in [1.82, 2.24) is 43.9 Å². The van der Waals surface area contributed by atoms with Gasteiger partial charge in [0.05, 0.1) is 58.4 Å². The smallest absolute Gasteiger partial charge is 0.420 e. The summed E-state index contributed by atoms with van der Waals surface area (Å²) in [5, 5.41) is 15.9. The van der Waals surface area contributed by atoms with E-state index in [4.69, 9.17) is 23.4 Å². The average Bonchev–Trinajstić information content (AvgIpc) is 3.99. The van der Waals surface area contributed by atoms with Gasteiger partial charge in [-0.05, 0) is 99.8 Å².